The normalized spacial score (nSPS) is 8.00. The maximum Gasteiger partial charge on any atom is 0.0756 e. The van der Waals surface area contributed by atoms with E-state index in [9.17, 15) is 0 Å². The van der Waals surface area contributed by atoms with Gasteiger partial charge in [-0.1, -0.05) is 0 Å². The lowest BCUT2D eigenvalue weighted by Crippen LogP contribution is -1.53. The summed E-state index contributed by atoms with van der Waals surface area (Å²) < 4.78 is 0. The van der Waals surface area contributed by atoms with Crippen molar-refractivity contribution in [2.24, 2.45) is 0 Å². The highest BCUT2D eigenvalue weighted by Gasteiger charge is 1.57. The van der Waals surface area contributed by atoms with Crippen LogP contribution in [0.2, 0.25) is 0 Å². The number of aromatic nitrogens is 2. The van der Waals surface area contributed by atoms with Gasteiger partial charge >= 0.3 is 0 Å². The molecule has 0 aliphatic rings. The highest BCUT2D eigenvalue weighted by atomic mass is 31.0. The van der Waals surface area contributed by atoms with Crippen LogP contribution in [0.4, 0.5) is 0 Å². The SMILES string of the molecule is c1n[nH]cp1. The summed E-state index contributed by atoms with van der Waals surface area (Å²) in [5.74, 6) is 3.65. The summed E-state index contributed by atoms with van der Waals surface area (Å²) in [6.07, 6.45) is 0. The molecule has 1 N–H and O–H groups in total. The molecule has 0 aromatic carbocycles. The van der Waals surface area contributed by atoms with E-state index in [2.05, 4.69) is 10.2 Å². The molecule has 3 heteroatoms. The monoisotopic (exact) mass is 86.0 g/mol. The summed E-state index contributed by atoms with van der Waals surface area (Å²) in [6, 6.07) is 0. The van der Waals surface area contributed by atoms with E-state index in [0.717, 1.165) is 8.19 Å². The molecule has 1 heterocycles. The third-order valence-corrected chi connectivity index (χ3v) is 0.845. The van der Waals surface area contributed by atoms with Gasteiger partial charge in [0.2, 0.25) is 0 Å². The average molecular weight is 86.0 g/mol. The number of rotatable bonds is 0. The molecule has 1 aromatic rings. The summed E-state index contributed by atoms with van der Waals surface area (Å²) >= 11 is 0. The maximum atomic E-state index is 3.64. The van der Waals surface area contributed by atoms with Gasteiger partial charge in [0.25, 0.3) is 0 Å². The molecule has 0 saturated carbocycles. The van der Waals surface area contributed by atoms with Crippen LogP contribution in [0.15, 0.2) is 11.9 Å². The molecule has 0 spiro atoms. The Balaban J connectivity index is 3.13. The lowest BCUT2D eigenvalue weighted by atomic mass is 11.6. The number of hydrogen-bond donors (Lipinski definition) is 1. The summed E-state index contributed by atoms with van der Waals surface area (Å²) in [5.41, 5.74) is 0. The summed E-state index contributed by atoms with van der Waals surface area (Å²) in [4.78, 5) is 0. The van der Waals surface area contributed by atoms with E-state index in [0.29, 0.717) is 0 Å². The number of H-pyrrole nitrogens is 1. The quantitative estimate of drug-likeness (QED) is 0.501. The fraction of sp³-hybridized carbons (Fsp3) is 0. The van der Waals surface area contributed by atoms with Gasteiger partial charge in [-0.05, 0) is 8.19 Å². The van der Waals surface area contributed by atoms with Gasteiger partial charge in [-0.15, -0.1) is 0 Å². The molecule has 1 aromatic heterocycles. The molecule has 0 unspecified atom stereocenters. The smallest absolute Gasteiger partial charge is 0.0756 e. The second-order valence-corrected chi connectivity index (χ2v) is 1.44. The molecule has 26 valence electrons. The molecular weight excluding hydrogens is 83.0 g/mol. The third-order valence-electron chi connectivity index (χ3n) is 0.331. The van der Waals surface area contributed by atoms with Crippen molar-refractivity contribution in [1.29, 1.82) is 0 Å². The number of nitrogens with one attached hydrogen (secondary N) is 1. The first-order chi connectivity index (χ1) is 2.50. The van der Waals surface area contributed by atoms with Gasteiger partial charge in [-0.2, -0.15) is 5.10 Å². The Morgan fingerprint density at radius 2 is 2.80 bits per heavy atom. The second kappa shape index (κ2) is 1.18. The predicted molar refractivity (Wildman–Crippen MR) is 21.1 cm³/mol. The Bertz CT molecular complexity index is 64.1. The van der Waals surface area contributed by atoms with Crippen molar-refractivity contribution in [3.8, 4) is 0 Å². The number of hydrogen-bond acceptors (Lipinski definition) is 1. The second-order valence-electron chi connectivity index (χ2n) is 0.652. The topological polar surface area (TPSA) is 28.7 Å². The van der Waals surface area contributed by atoms with Crippen LogP contribution in [0.25, 0.3) is 0 Å². The van der Waals surface area contributed by atoms with Crippen molar-refractivity contribution in [2.75, 3.05) is 0 Å². The zero-order valence-electron chi connectivity index (χ0n) is 2.55. The summed E-state index contributed by atoms with van der Waals surface area (Å²) in [5, 5.41) is 6.29. The zero-order chi connectivity index (χ0) is 3.54. The van der Waals surface area contributed by atoms with Gasteiger partial charge < -0.3 is 0 Å². The van der Waals surface area contributed by atoms with Crippen LogP contribution in [-0.4, -0.2) is 10.2 Å². The van der Waals surface area contributed by atoms with Crippen molar-refractivity contribution >= 4 is 8.19 Å². The van der Waals surface area contributed by atoms with E-state index in [-0.39, 0.29) is 0 Å². The van der Waals surface area contributed by atoms with Crippen LogP contribution < -0.4 is 0 Å². The van der Waals surface area contributed by atoms with Gasteiger partial charge in [0, 0.05) is 5.93 Å². The highest BCUT2D eigenvalue weighted by molar-refractivity contribution is 7.27. The van der Waals surface area contributed by atoms with Gasteiger partial charge in [0.05, 0.1) is 5.93 Å². The largest absolute Gasteiger partial charge is 0.281 e. The molecule has 0 amide bonds. The van der Waals surface area contributed by atoms with Crippen molar-refractivity contribution < 1.29 is 0 Å². The number of aromatic amines is 1. The Morgan fingerprint density at radius 1 is 1.80 bits per heavy atom. The van der Waals surface area contributed by atoms with Crippen molar-refractivity contribution in [2.45, 2.75) is 0 Å². The average Bonchev–Trinajstić information content (AvgIpc) is 1.76. The molecule has 0 saturated heterocycles. The molecule has 1 rings (SSSR count). The van der Waals surface area contributed by atoms with Gasteiger partial charge in [0.15, 0.2) is 0 Å². The van der Waals surface area contributed by atoms with E-state index >= 15 is 0 Å². The Kier molecular flexibility index (Phi) is 0.673. The minimum absolute atomic E-state index is 1.16. The molecule has 0 aliphatic heterocycles. The first-order valence-corrected chi connectivity index (χ1v) is 2.32. The first kappa shape index (κ1) is 2.86. The predicted octanol–water partition coefficient (Wildman–Crippen LogP) is 0.990. The minimum atomic E-state index is 1.16. The Morgan fingerprint density at radius 3 is 3.00 bits per heavy atom. The van der Waals surface area contributed by atoms with E-state index in [1.165, 1.54) is 0 Å². The fourth-order valence-corrected chi connectivity index (χ4v) is 0.500. The van der Waals surface area contributed by atoms with Gasteiger partial charge in [-0.3, -0.25) is 5.10 Å². The number of nitrogens with zero attached hydrogens (tertiary/aromatic N) is 1. The van der Waals surface area contributed by atoms with Crippen molar-refractivity contribution in [3.05, 3.63) is 11.9 Å². The van der Waals surface area contributed by atoms with Crippen molar-refractivity contribution in [1.82, 2.24) is 10.2 Å². The van der Waals surface area contributed by atoms with E-state index < -0.39 is 0 Å². The molecule has 0 radical (unpaired) electrons. The van der Waals surface area contributed by atoms with Crippen LogP contribution in [0.5, 0.6) is 0 Å². The highest BCUT2D eigenvalue weighted by Crippen LogP contribution is 1.91. The lowest BCUT2D eigenvalue weighted by Gasteiger charge is -1.48. The molecule has 0 aliphatic carbocycles. The Labute approximate surface area is 31.3 Å². The maximum absolute atomic E-state index is 3.64. The zero-order valence-corrected chi connectivity index (χ0v) is 3.44. The third kappa shape index (κ3) is 0.455. The van der Waals surface area contributed by atoms with Gasteiger partial charge in [-0.25, -0.2) is 0 Å². The van der Waals surface area contributed by atoms with Crippen LogP contribution >= 0.6 is 8.19 Å². The fourth-order valence-electron chi connectivity index (χ4n) is 0.167. The molecule has 0 bridgehead atoms. The van der Waals surface area contributed by atoms with Crippen LogP contribution in [0, 0.1) is 0 Å². The first-order valence-electron chi connectivity index (χ1n) is 1.29. The van der Waals surface area contributed by atoms with Crippen LogP contribution in [0.1, 0.15) is 0 Å². The van der Waals surface area contributed by atoms with Gasteiger partial charge in [0.1, 0.15) is 0 Å². The molecule has 0 fully saturated rings. The summed E-state index contributed by atoms with van der Waals surface area (Å²) in [7, 11) is 1.16. The Hall–Kier alpha value is -0.360. The standard InChI is InChI=1S/C2H3N2P/c1-3-4-2-5-1/h1-2H,(H,3,4). The van der Waals surface area contributed by atoms with Crippen LogP contribution in [0.3, 0.4) is 0 Å². The lowest BCUT2D eigenvalue weighted by molar-refractivity contribution is 1.09. The van der Waals surface area contributed by atoms with E-state index in [4.69, 9.17) is 0 Å². The molecule has 5 heavy (non-hydrogen) atoms. The molecular formula is C2H3N2P. The minimum Gasteiger partial charge on any atom is -0.281 e. The van der Waals surface area contributed by atoms with Crippen LogP contribution in [-0.2, 0) is 0 Å². The molecule has 0 atom stereocenters. The van der Waals surface area contributed by atoms with E-state index in [1.54, 1.807) is 5.93 Å². The molecule has 2 nitrogen and oxygen atoms in total. The van der Waals surface area contributed by atoms with E-state index in [1.807, 2.05) is 5.93 Å². The summed E-state index contributed by atoms with van der Waals surface area (Å²) in [6.45, 7) is 0. The van der Waals surface area contributed by atoms with Crippen molar-refractivity contribution in [3.63, 3.8) is 0 Å².